The van der Waals surface area contributed by atoms with Crippen LogP contribution < -0.4 is 5.56 Å². The predicted molar refractivity (Wildman–Crippen MR) is 122 cm³/mol. The molecule has 1 saturated carbocycles. The number of para-hydroxylation sites is 1. The summed E-state index contributed by atoms with van der Waals surface area (Å²) in [4.78, 5) is 34.4. The quantitative estimate of drug-likeness (QED) is 0.413. The molecule has 5 rings (SSSR count). The first-order chi connectivity index (χ1) is 14.7. The van der Waals surface area contributed by atoms with Crippen LogP contribution in [0.25, 0.3) is 10.9 Å². The maximum absolute atomic E-state index is 13.3. The third kappa shape index (κ3) is 3.69. The Hall–Kier alpha value is -2.12. The van der Waals surface area contributed by atoms with E-state index in [0.717, 1.165) is 45.1 Å². The maximum atomic E-state index is 13.3. The number of thioether (sulfide) groups is 1. The summed E-state index contributed by atoms with van der Waals surface area (Å²) < 4.78 is 1.87. The number of fused-ring (bicyclic) bond motifs is 1. The van der Waals surface area contributed by atoms with Crippen molar-refractivity contribution < 1.29 is 4.79 Å². The second kappa shape index (κ2) is 8.55. The fraction of sp³-hybridized carbons (Fsp3) is 0.435. The number of nitrogens with zero attached hydrogens (tertiary/aromatic N) is 3. The Kier molecular flexibility index (Phi) is 5.65. The van der Waals surface area contributed by atoms with Gasteiger partial charge in [0.25, 0.3) is 5.56 Å². The van der Waals surface area contributed by atoms with Crippen LogP contribution in [-0.4, -0.2) is 32.7 Å². The van der Waals surface area contributed by atoms with Crippen molar-refractivity contribution in [3.8, 4) is 0 Å². The van der Waals surface area contributed by atoms with Crippen molar-refractivity contribution in [2.75, 3.05) is 12.3 Å². The molecule has 156 valence electrons. The van der Waals surface area contributed by atoms with Crippen molar-refractivity contribution in [1.29, 1.82) is 0 Å². The monoisotopic (exact) mass is 439 g/mol. The van der Waals surface area contributed by atoms with Crippen molar-refractivity contribution in [3.63, 3.8) is 0 Å². The number of carbonyl (C=O) groups excluding carboxylic acids is 1. The largest absolute Gasteiger partial charge is 0.334 e. The first-order valence-electron chi connectivity index (χ1n) is 10.7. The van der Waals surface area contributed by atoms with Gasteiger partial charge in [0, 0.05) is 17.5 Å². The van der Waals surface area contributed by atoms with Gasteiger partial charge in [-0.2, -0.15) is 0 Å². The van der Waals surface area contributed by atoms with Gasteiger partial charge < -0.3 is 4.90 Å². The lowest BCUT2D eigenvalue weighted by molar-refractivity contribution is -0.129. The molecule has 0 spiro atoms. The van der Waals surface area contributed by atoms with Crippen LogP contribution in [0.3, 0.4) is 0 Å². The van der Waals surface area contributed by atoms with E-state index in [0.29, 0.717) is 21.8 Å². The highest BCUT2D eigenvalue weighted by Crippen LogP contribution is 2.36. The van der Waals surface area contributed by atoms with E-state index in [1.807, 2.05) is 33.7 Å². The first kappa shape index (κ1) is 19.8. The van der Waals surface area contributed by atoms with Gasteiger partial charge in [-0.05, 0) is 49.3 Å². The fourth-order valence-electron chi connectivity index (χ4n) is 4.76. The molecule has 2 fully saturated rings. The van der Waals surface area contributed by atoms with Crippen LogP contribution in [0.2, 0.25) is 0 Å². The summed E-state index contributed by atoms with van der Waals surface area (Å²) in [5, 5.41) is 3.42. The molecule has 1 atom stereocenters. The molecule has 2 aliphatic rings. The smallest absolute Gasteiger partial charge is 0.262 e. The fourth-order valence-corrected chi connectivity index (χ4v) is 6.59. The van der Waals surface area contributed by atoms with Crippen LogP contribution >= 0.6 is 23.1 Å². The Morgan fingerprint density at radius 1 is 1.10 bits per heavy atom. The van der Waals surface area contributed by atoms with Crippen LogP contribution in [0.4, 0.5) is 0 Å². The molecule has 5 nitrogen and oxygen atoms in total. The Bertz CT molecular complexity index is 1100. The number of hydrogen-bond donors (Lipinski definition) is 0. The minimum atomic E-state index is 0.0279. The molecule has 0 N–H and O–H groups in total. The number of likely N-dealkylation sites (tertiary alicyclic amines) is 1. The number of hydrogen-bond acceptors (Lipinski definition) is 5. The molecule has 3 heterocycles. The van der Waals surface area contributed by atoms with Crippen molar-refractivity contribution in [2.45, 2.75) is 55.8 Å². The molecule has 2 aromatic heterocycles. The van der Waals surface area contributed by atoms with Gasteiger partial charge in [0.05, 0.1) is 22.7 Å². The molecule has 1 amide bonds. The van der Waals surface area contributed by atoms with Crippen LogP contribution in [0, 0.1) is 0 Å². The van der Waals surface area contributed by atoms with E-state index in [1.165, 1.54) is 16.6 Å². The van der Waals surface area contributed by atoms with Gasteiger partial charge in [0.1, 0.15) is 0 Å². The SMILES string of the molecule is O=C(CSc1nc2ccccc2c(=O)n1C1CCCC1)N1CCC[C@@H]1c1cccs1. The number of thiophene rings is 1. The second-order valence-corrected chi connectivity index (χ2v) is 10.00. The average Bonchev–Trinajstić information content (AvgIpc) is 3.54. The highest BCUT2D eigenvalue weighted by atomic mass is 32.2. The lowest BCUT2D eigenvalue weighted by Crippen LogP contribution is -2.32. The molecular weight excluding hydrogens is 414 g/mol. The summed E-state index contributed by atoms with van der Waals surface area (Å²) in [7, 11) is 0. The molecule has 1 saturated heterocycles. The van der Waals surface area contributed by atoms with Gasteiger partial charge in [-0.15, -0.1) is 11.3 Å². The number of amides is 1. The molecule has 0 radical (unpaired) electrons. The van der Waals surface area contributed by atoms with E-state index >= 15 is 0 Å². The minimum Gasteiger partial charge on any atom is -0.334 e. The Morgan fingerprint density at radius 3 is 2.73 bits per heavy atom. The number of benzene rings is 1. The summed E-state index contributed by atoms with van der Waals surface area (Å²) >= 11 is 3.14. The average molecular weight is 440 g/mol. The van der Waals surface area contributed by atoms with Gasteiger partial charge in [-0.25, -0.2) is 4.98 Å². The summed E-state index contributed by atoms with van der Waals surface area (Å²) in [6, 6.07) is 12.1. The molecule has 0 unspecified atom stereocenters. The van der Waals surface area contributed by atoms with Gasteiger partial charge in [-0.3, -0.25) is 14.2 Å². The molecule has 7 heteroatoms. The predicted octanol–water partition coefficient (Wildman–Crippen LogP) is 5.03. The van der Waals surface area contributed by atoms with Crippen LogP contribution in [0.15, 0.2) is 51.7 Å². The van der Waals surface area contributed by atoms with Crippen LogP contribution in [0.1, 0.15) is 55.5 Å². The summed E-state index contributed by atoms with van der Waals surface area (Å²) in [5.41, 5.74) is 0.740. The van der Waals surface area contributed by atoms with E-state index in [9.17, 15) is 9.59 Å². The zero-order valence-corrected chi connectivity index (χ0v) is 18.5. The zero-order chi connectivity index (χ0) is 20.5. The third-order valence-corrected chi connectivity index (χ3v) is 8.15. The molecule has 0 bridgehead atoms. The summed E-state index contributed by atoms with van der Waals surface area (Å²) in [6.45, 7) is 0.808. The van der Waals surface area contributed by atoms with Gasteiger partial charge in [0.15, 0.2) is 5.16 Å². The molecule has 1 aliphatic carbocycles. The van der Waals surface area contributed by atoms with E-state index in [1.54, 1.807) is 11.3 Å². The normalized spacial score (nSPS) is 19.7. The standard InChI is InChI=1S/C23H25N3O2S2/c27-21(25-13-5-11-19(25)20-12-6-14-29-20)15-30-23-24-18-10-4-3-9-17(18)22(28)26(23)16-7-1-2-8-16/h3-4,6,9-10,12,14,16,19H,1-2,5,7-8,11,13,15H2/t19-/m1/s1. The zero-order valence-electron chi connectivity index (χ0n) is 16.8. The third-order valence-electron chi connectivity index (χ3n) is 6.23. The van der Waals surface area contributed by atoms with Gasteiger partial charge in [-0.1, -0.05) is 42.8 Å². The molecule has 1 aliphatic heterocycles. The van der Waals surface area contributed by atoms with Crippen LogP contribution in [0.5, 0.6) is 0 Å². The maximum Gasteiger partial charge on any atom is 0.262 e. The number of carbonyl (C=O) groups is 1. The van der Waals surface area contributed by atoms with Crippen molar-refractivity contribution in [2.24, 2.45) is 0 Å². The summed E-state index contributed by atoms with van der Waals surface area (Å²) in [6.07, 6.45) is 6.37. The van der Waals surface area contributed by atoms with Crippen LogP contribution in [-0.2, 0) is 4.79 Å². The van der Waals surface area contributed by atoms with E-state index in [-0.39, 0.29) is 23.6 Å². The number of rotatable bonds is 5. The molecular formula is C23H25N3O2S2. The lowest BCUT2D eigenvalue weighted by Gasteiger charge is -2.24. The van der Waals surface area contributed by atoms with Gasteiger partial charge in [0.2, 0.25) is 5.91 Å². The van der Waals surface area contributed by atoms with E-state index < -0.39 is 0 Å². The number of aromatic nitrogens is 2. The Labute approximate surface area is 184 Å². The minimum absolute atomic E-state index is 0.0279. The van der Waals surface area contributed by atoms with E-state index in [2.05, 4.69) is 17.5 Å². The molecule has 1 aromatic carbocycles. The summed E-state index contributed by atoms with van der Waals surface area (Å²) in [5.74, 6) is 0.454. The Balaban J connectivity index is 1.41. The molecule has 3 aromatic rings. The first-order valence-corrected chi connectivity index (χ1v) is 12.6. The second-order valence-electron chi connectivity index (χ2n) is 8.07. The molecule has 30 heavy (non-hydrogen) atoms. The topological polar surface area (TPSA) is 55.2 Å². The van der Waals surface area contributed by atoms with E-state index in [4.69, 9.17) is 4.98 Å². The van der Waals surface area contributed by atoms with Gasteiger partial charge >= 0.3 is 0 Å². The highest BCUT2D eigenvalue weighted by Gasteiger charge is 2.31. The van der Waals surface area contributed by atoms with Crippen molar-refractivity contribution in [3.05, 3.63) is 57.0 Å². The van der Waals surface area contributed by atoms with Crippen molar-refractivity contribution >= 4 is 39.9 Å². The lowest BCUT2D eigenvalue weighted by atomic mass is 10.2. The van der Waals surface area contributed by atoms with Crippen molar-refractivity contribution in [1.82, 2.24) is 14.5 Å². The Morgan fingerprint density at radius 2 is 1.93 bits per heavy atom. The highest BCUT2D eigenvalue weighted by molar-refractivity contribution is 7.99.